The lowest BCUT2D eigenvalue weighted by Crippen LogP contribution is -2.36. The van der Waals surface area contributed by atoms with Gasteiger partial charge in [0.15, 0.2) is 5.69 Å². The Bertz CT molecular complexity index is 1040. The zero-order valence-corrected chi connectivity index (χ0v) is 16.7. The first-order chi connectivity index (χ1) is 14.1. The molecule has 2 aromatic heterocycles. The predicted octanol–water partition coefficient (Wildman–Crippen LogP) is 3.59. The summed E-state index contributed by atoms with van der Waals surface area (Å²) in [6.45, 7) is 5.17. The Kier molecular flexibility index (Phi) is 5.69. The van der Waals surface area contributed by atoms with Crippen molar-refractivity contribution in [3.8, 4) is 11.1 Å². The molecule has 0 aliphatic carbocycles. The minimum Gasteiger partial charge on any atom is -0.378 e. The molecule has 0 unspecified atom stereocenters. The summed E-state index contributed by atoms with van der Waals surface area (Å²) in [6, 6.07) is 9.36. The number of carbonyl (C=O) groups excluding carboxylic acids is 1. The van der Waals surface area contributed by atoms with Gasteiger partial charge >= 0.3 is 0 Å². The number of benzene rings is 1. The lowest BCUT2D eigenvalue weighted by molar-refractivity contribution is 0.102. The maximum absolute atomic E-state index is 12.5. The zero-order valence-electron chi connectivity index (χ0n) is 15.9. The molecule has 0 radical (unpaired) electrons. The smallest absolute Gasteiger partial charge is 0.276 e. The van der Waals surface area contributed by atoms with E-state index in [2.05, 4.69) is 31.5 Å². The van der Waals surface area contributed by atoms with Crippen LogP contribution < -0.4 is 10.2 Å². The van der Waals surface area contributed by atoms with Gasteiger partial charge in [0, 0.05) is 30.5 Å². The van der Waals surface area contributed by atoms with Crippen molar-refractivity contribution in [2.24, 2.45) is 0 Å². The van der Waals surface area contributed by atoms with Crippen LogP contribution in [0.3, 0.4) is 0 Å². The van der Waals surface area contributed by atoms with Gasteiger partial charge < -0.3 is 15.0 Å². The number of amides is 1. The third-order valence-corrected chi connectivity index (χ3v) is 4.97. The maximum atomic E-state index is 12.5. The summed E-state index contributed by atoms with van der Waals surface area (Å²) in [4.78, 5) is 19.1. The molecule has 1 aliphatic rings. The number of pyridine rings is 1. The van der Waals surface area contributed by atoms with Gasteiger partial charge in [-0.15, -0.1) is 5.10 Å². The van der Waals surface area contributed by atoms with Crippen LogP contribution in [0.15, 0.2) is 48.9 Å². The van der Waals surface area contributed by atoms with Crippen molar-refractivity contribution in [2.45, 2.75) is 6.92 Å². The fraction of sp³-hybridized carbons (Fsp3) is 0.238. The van der Waals surface area contributed by atoms with Crippen LogP contribution in [0.5, 0.6) is 0 Å². The molecule has 1 aromatic carbocycles. The fourth-order valence-corrected chi connectivity index (χ4v) is 3.38. The van der Waals surface area contributed by atoms with Gasteiger partial charge in [0.05, 0.1) is 36.3 Å². The highest BCUT2D eigenvalue weighted by atomic mass is 35.5. The second-order valence-electron chi connectivity index (χ2n) is 6.77. The summed E-state index contributed by atoms with van der Waals surface area (Å²) in [5, 5.41) is 10.8. The summed E-state index contributed by atoms with van der Waals surface area (Å²) in [7, 11) is 0. The molecule has 1 saturated heterocycles. The molecule has 29 heavy (non-hydrogen) atoms. The number of aromatic nitrogens is 3. The SMILES string of the molecule is Cc1ccc(NC(=O)c2cc(Cl)cnn2)cc1-c1cncc(N2CCOCC2)c1. The van der Waals surface area contributed by atoms with Crippen LogP contribution in [0.25, 0.3) is 11.1 Å². The Morgan fingerprint density at radius 3 is 2.76 bits per heavy atom. The van der Waals surface area contributed by atoms with Gasteiger partial charge in [-0.2, -0.15) is 5.10 Å². The number of aryl methyl sites for hydroxylation is 1. The monoisotopic (exact) mass is 409 g/mol. The maximum Gasteiger partial charge on any atom is 0.276 e. The Labute approximate surface area is 173 Å². The van der Waals surface area contributed by atoms with Crippen LogP contribution in [-0.4, -0.2) is 47.4 Å². The number of nitrogens with one attached hydrogen (secondary N) is 1. The molecule has 7 nitrogen and oxygen atoms in total. The van der Waals surface area contributed by atoms with Gasteiger partial charge in [-0.1, -0.05) is 17.7 Å². The Balaban J connectivity index is 1.59. The van der Waals surface area contributed by atoms with Crippen LogP contribution in [0.2, 0.25) is 5.02 Å². The summed E-state index contributed by atoms with van der Waals surface area (Å²) in [6.07, 6.45) is 5.09. The molecular weight excluding hydrogens is 390 g/mol. The van der Waals surface area contributed by atoms with E-state index < -0.39 is 0 Å². The normalized spacial score (nSPS) is 13.9. The minimum absolute atomic E-state index is 0.163. The molecule has 3 heterocycles. The van der Waals surface area contributed by atoms with Gasteiger partial charge in [0.1, 0.15) is 0 Å². The summed E-state index contributed by atoms with van der Waals surface area (Å²) >= 11 is 5.90. The number of ether oxygens (including phenoxy) is 1. The molecule has 148 valence electrons. The minimum atomic E-state index is -0.366. The van der Waals surface area contributed by atoms with E-state index in [4.69, 9.17) is 16.3 Å². The summed E-state index contributed by atoms with van der Waals surface area (Å²) < 4.78 is 5.43. The van der Waals surface area contributed by atoms with Crippen LogP contribution in [-0.2, 0) is 4.74 Å². The van der Waals surface area contributed by atoms with Crippen molar-refractivity contribution in [1.82, 2.24) is 15.2 Å². The second kappa shape index (κ2) is 8.55. The Hall–Kier alpha value is -3.03. The average molecular weight is 410 g/mol. The van der Waals surface area contributed by atoms with Gasteiger partial charge in [0.25, 0.3) is 5.91 Å². The lowest BCUT2D eigenvalue weighted by Gasteiger charge is -2.28. The molecular formula is C21H20ClN5O2. The highest BCUT2D eigenvalue weighted by Gasteiger charge is 2.14. The Morgan fingerprint density at radius 2 is 1.97 bits per heavy atom. The largest absolute Gasteiger partial charge is 0.378 e. The number of nitrogens with zero attached hydrogens (tertiary/aromatic N) is 4. The number of rotatable bonds is 4. The molecule has 8 heteroatoms. The molecule has 1 aliphatic heterocycles. The molecule has 0 saturated carbocycles. The number of hydrogen-bond donors (Lipinski definition) is 1. The molecule has 1 amide bonds. The standard InChI is InChI=1S/C21H20ClN5O2/c1-14-2-3-17(25-21(28)20-9-16(22)12-24-26-20)10-19(14)15-8-18(13-23-11-15)27-4-6-29-7-5-27/h2-3,8-13H,4-7H2,1H3,(H,25,28). The molecule has 0 atom stereocenters. The molecule has 0 spiro atoms. The van der Waals surface area contributed by atoms with Crippen molar-refractivity contribution in [3.63, 3.8) is 0 Å². The van der Waals surface area contributed by atoms with E-state index >= 15 is 0 Å². The van der Waals surface area contributed by atoms with Crippen LogP contribution in [0, 0.1) is 6.92 Å². The van der Waals surface area contributed by atoms with Crippen LogP contribution in [0.4, 0.5) is 11.4 Å². The fourth-order valence-electron chi connectivity index (χ4n) is 3.23. The van der Waals surface area contributed by atoms with E-state index in [1.807, 2.05) is 37.5 Å². The molecule has 4 rings (SSSR count). The number of carbonyl (C=O) groups is 1. The molecule has 3 aromatic rings. The van der Waals surface area contributed by atoms with Crippen LogP contribution in [0.1, 0.15) is 16.1 Å². The van der Waals surface area contributed by atoms with E-state index in [0.29, 0.717) is 10.7 Å². The van der Waals surface area contributed by atoms with Gasteiger partial charge in [0.2, 0.25) is 0 Å². The number of hydrogen-bond acceptors (Lipinski definition) is 6. The van der Waals surface area contributed by atoms with E-state index in [1.54, 1.807) is 0 Å². The number of halogens is 1. The summed E-state index contributed by atoms with van der Waals surface area (Å²) in [5.41, 5.74) is 4.97. The summed E-state index contributed by atoms with van der Waals surface area (Å²) in [5.74, 6) is -0.366. The third kappa shape index (κ3) is 4.52. The van der Waals surface area contributed by atoms with Gasteiger partial charge in [-0.25, -0.2) is 0 Å². The molecule has 1 N–H and O–H groups in total. The Morgan fingerprint density at radius 1 is 1.14 bits per heavy atom. The first-order valence-corrected chi connectivity index (χ1v) is 9.66. The first kappa shape index (κ1) is 19.3. The quantitative estimate of drug-likeness (QED) is 0.709. The van der Waals surface area contributed by atoms with Crippen molar-refractivity contribution in [1.29, 1.82) is 0 Å². The van der Waals surface area contributed by atoms with Crippen molar-refractivity contribution >= 4 is 28.9 Å². The van der Waals surface area contributed by atoms with Crippen molar-refractivity contribution in [3.05, 3.63) is 65.2 Å². The van der Waals surface area contributed by atoms with E-state index in [9.17, 15) is 4.79 Å². The van der Waals surface area contributed by atoms with Crippen molar-refractivity contribution < 1.29 is 9.53 Å². The lowest BCUT2D eigenvalue weighted by atomic mass is 10.0. The van der Waals surface area contributed by atoms with E-state index in [1.165, 1.54) is 12.3 Å². The van der Waals surface area contributed by atoms with Gasteiger partial charge in [-0.3, -0.25) is 9.78 Å². The number of anilines is 2. The zero-order chi connectivity index (χ0) is 20.2. The van der Waals surface area contributed by atoms with E-state index in [-0.39, 0.29) is 11.6 Å². The second-order valence-corrected chi connectivity index (χ2v) is 7.21. The van der Waals surface area contributed by atoms with Crippen LogP contribution >= 0.6 is 11.6 Å². The predicted molar refractivity (Wildman–Crippen MR) is 112 cm³/mol. The molecule has 0 bridgehead atoms. The highest BCUT2D eigenvalue weighted by Crippen LogP contribution is 2.29. The highest BCUT2D eigenvalue weighted by molar-refractivity contribution is 6.30. The number of morpholine rings is 1. The van der Waals surface area contributed by atoms with E-state index in [0.717, 1.165) is 48.7 Å². The topological polar surface area (TPSA) is 80.2 Å². The van der Waals surface area contributed by atoms with Gasteiger partial charge in [-0.05, 0) is 42.3 Å². The molecule has 1 fully saturated rings. The third-order valence-electron chi connectivity index (χ3n) is 4.76. The average Bonchev–Trinajstić information content (AvgIpc) is 2.76. The van der Waals surface area contributed by atoms with Crippen molar-refractivity contribution in [2.75, 3.05) is 36.5 Å². The first-order valence-electron chi connectivity index (χ1n) is 9.28.